The average Bonchev–Trinajstić information content (AvgIpc) is 3.02. The number of aromatic nitrogens is 2. The van der Waals surface area contributed by atoms with Gasteiger partial charge in [0.15, 0.2) is 0 Å². The Morgan fingerprint density at radius 1 is 1.00 bits per heavy atom. The lowest BCUT2D eigenvalue weighted by molar-refractivity contribution is -0.137. The van der Waals surface area contributed by atoms with E-state index in [2.05, 4.69) is 15.3 Å². The molecule has 0 bridgehead atoms. The molecule has 0 aliphatic heterocycles. The molecule has 2 aromatic carbocycles. The molecule has 3 nitrogen and oxygen atoms in total. The lowest BCUT2D eigenvalue weighted by Gasteiger charge is -2.10. The Bertz CT molecular complexity index is 1090. The first-order valence-electron chi connectivity index (χ1n) is 7.42. The van der Waals surface area contributed by atoms with Gasteiger partial charge in [-0.1, -0.05) is 17.7 Å². The standard InChI is InChI=1S/C18H11ClF3N3/c19-14-8-12(9-16-13(14)5-6-23-16)24-17-4-2-10-1-3-11(18(20,21)22)7-15(10)25-17/h1-9,23H,(H,24,25). The van der Waals surface area contributed by atoms with Crippen LogP contribution in [0.15, 0.2) is 54.7 Å². The highest BCUT2D eigenvalue weighted by Gasteiger charge is 2.30. The highest BCUT2D eigenvalue weighted by molar-refractivity contribution is 6.35. The third kappa shape index (κ3) is 3.00. The van der Waals surface area contributed by atoms with Gasteiger partial charge in [0, 0.05) is 28.2 Å². The monoisotopic (exact) mass is 361 g/mol. The topological polar surface area (TPSA) is 40.7 Å². The van der Waals surface area contributed by atoms with Crippen LogP contribution in [0.4, 0.5) is 24.7 Å². The summed E-state index contributed by atoms with van der Waals surface area (Å²) in [6.45, 7) is 0. The van der Waals surface area contributed by atoms with Gasteiger partial charge in [-0.2, -0.15) is 13.2 Å². The van der Waals surface area contributed by atoms with Gasteiger partial charge in [-0.3, -0.25) is 0 Å². The summed E-state index contributed by atoms with van der Waals surface area (Å²) in [5.41, 5.74) is 1.10. The molecular formula is C18H11ClF3N3. The second-order valence-corrected chi connectivity index (χ2v) is 6.03. The zero-order valence-corrected chi connectivity index (χ0v) is 13.4. The molecule has 25 heavy (non-hydrogen) atoms. The van der Waals surface area contributed by atoms with Crippen molar-refractivity contribution in [2.24, 2.45) is 0 Å². The maximum atomic E-state index is 12.9. The number of rotatable bonds is 2. The molecule has 4 rings (SSSR count). The van der Waals surface area contributed by atoms with Crippen molar-refractivity contribution in [1.29, 1.82) is 0 Å². The maximum absolute atomic E-state index is 12.9. The van der Waals surface area contributed by atoms with E-state index >= 15 is 0 Å². The summed E-state index contributed by atoms with van der Waals surface area (Å²) in [7, 11) is 0. The van der Waals surface area contributed by atoms with E-state index < -0.39 is 11.7 Å². The van der Waals surface area contributed by atoms with Crippen LogP contribution in [0.2, 0.25) is 5.02 Å². The fourth-order valence-electron chi connectivity index (χ4n) is 2.70. The summed E-state index contributed by atoms with van der Waals surface area (Å²) in [6.07, 6.45) is -2.61. The number of H-pyrrole nitrogens is 1. The van der Waals surface area contributed by atoms with Crippen LogP contribution in [0.3, 0.4) is 0 Å². The van der Waals surface area contributed by atoms with Crippen LogP contribution in [-0.4, -0.2) is 9.97 Å². The van der Waals surface area contributed by atoms with E-state index in [1.807, 2.05) is 12.1 Å². The number of aromatic amines is 1. The Balaban J connectivity index is 1.72. The number of anilines is 2. The van der Waals surface area contributed by atoms with Gasteiger partial charge in [-0.25, -0.2) is 4.98 Å². The molecule has 0 spiro atoms. The minimum atomic E-state index is -4.40. The number of hydrogen-bond acceptors (Lipinski definition) is 2. The molecule has 0 fully saturated rings. The third-order valence-electron chi connectivity index (χ3n) is 3.91. The lowest BCUT2D eigenvalue weighted by atomic mass is 10.1. The smallest absolute Gasteiger partial charge is 0.361 e. The summed E-state index contributed by atoms with van der Waals surface area (Å²) in [5, 5.41) is 5.18. The molecule has 0 aliphatic rings. The second kappa shape index (κ2) is 5.67. The van der Waals surface area contributed by atoms with E-state index in [0.717, 1.165) is 23.0 Å². The fraction of sp³-hybridized carbons (Fsp3) is 0.0556. The number of alkyl halides is 3. The SMILES string of the molecule is FC(F)(F)c1ccc2ccc(Nc3cc(Cl)c4cc[nH]c4c3)nc2c1. The van der Waals surface area contributed by atoms with Gasteiger partial charge < -0.3 is 10.3 Å². The maximum Gasteiger partial charge on any atom is 0.416 e. The van der Waals surface area contributed by atoms with Gasteiger partial charge >= 0.3 is 6.18 Å². The zero-order valence-electron chi connectivity index (χ0n) is 12.7. The van der Waals surface area contributed by atoms with Gasteiger partial charge in [0.05, 0.1) is 16.1 Å². The molecule has 0 unspecified atom stereocenters. The van der Waals surface area contributed by atoms with Crippen molar-refractivity contribution in [1.82, 2.24) is 9.97 Å². The van der Waals surface area contributed by atoms with E-state index in [1.165, 1.54) is 6.07 Å². The van der Waals surface area contributed by atoms with Crippen molar-refractivity contribution in [3.63, 3.8) is 0 Å². The number of pyridine rings is 1. The minimum absolute atomic E-state index is 0.270. The van der Waals surface area contributed by atoms with Crippen molar-refractivity contribution in [2.45, 2.75) is 6.18 Å². The average molecular weight is 362 g/mol. The van der Waals surface area contributed by atoms with Gasteiger partial charge in [0.25, 0.3) is 0 Å². The second-order valence-electron chi connectivity index (χ2n) is 5.62. The predicted molar refractivity (Wildman–Crippen MR) is 93.3 cm³/mol. The Morgan fingerprint density at radius 2 is 1.80 bits per heavy atom. The molecule has 0 aliphatic carbocycles. The molecule has 0 radical (unpaired) electrons. The van der Waals surface area contributed by atoms with Crippen molar-refractivity contribution in [2.75, 3.05) is 5.32 Å². The van der Waals surface area contributed by atoms with Gasteiger partial charge in [-0.15, -0.1) is 0 Å². The molecule has 2 aromatic heterocycles. The molecule has 2 heterocycles. The number of nitrogens with zero attached hydrogens (tertiary/aromatic N) is 1. The molecule has 0 saturated carbocycles. The molecule has 2 N–H and O–H groups in total. The Kier molecular flexibility index (Phi) is 3.58. The number of benzene rings is 2. The number of halogens is 4. The van der Waals surface area contributed by atoms with Crippen molar-refractivity contribution < 1.29 is 13.2 Å². The molecule has 0 atom stereocenters. The molecule has 126 valence electrons. The van der Waals surface area contributed by atoms with Crippen LogP contribution < -0.4 is 5.32 Å². The Labute approximate surface area is 145 Å². The molecular weight excluding hydrogens is 351 g/mol. The first-order valence-corrected chi connectivity index (χ1v) is 7.80. The highest BCUT2D eigenvalue weighted by Crippen LogP contribution is 2.32. The Morgan fingerprint density at radius 3 is 2.60 bits per heavy atom. The Hall–Kier alpha value is -2.73. The molecule has 4 aromatic rings. The van der Waals surface area contributed by atoms with E-state index in [4.69, 9.17) is 11.6 Å². The third-order valence-corrected chi connectivity index (χ3v) is 4.22. The summed E-state index contributed by atoms with van der Waals surface area (Å²) in [6, 6.07) is 12.4. The summed E-state index contributed by atoms with van der Waals surface area (Å²) in [4.78, 5) is 7.35. The number of hydrogen-bond donors (Lipinski definition) is 2. The highest BCUT2D eigenvalue weighted by atomic mass is 35.5. The number of fused-ring (bicyclic) bond motifs is 2. The van der Waals surface area contributed by atoms with Crippen LogP contribution in [0, 0.1) is 0 Å². The van der Waals surface area contributed by atoms with Crippen molar-refractivity contribution in [3.05, 3.63) is 65.3 Å². The van der Waals surface area contributed by atoms with Crippen LogP contribution in [-0.2, 0) is 6.18 Å². The minimum Gasteiger partial charge on any atom is -0.361 e. The normalized spacial score (nSPS) is 12.0. The van der Waals surface area contributed by atoms with E-state index in [9.17, 15) is 13.2 Å². The van der Waals surface area contributed by atoms with Crippen LogP contribution in [0.5, 0.6) is 0 Å². The molecule has 0 amide bonds. The lowest BCUT2D eigenvalue weighted by Crippen LogP contribution is -2.04. The zero-order chi connectivity index (χ0) is 17.6. The molecule has 7 heteroatoms. The first kappa shape index (κ1) is 15.8. The van der Waals surface area contributed by atoms with Gasteiger partial charge in [-0.05, 0) is 42.5 Å². The van der Waals surface area contributed by atoms with Crippen molar-refractivity contribution in [3.8, 4) is 0 Å². The van der Waals surface area contributed by atoms with Crippen molar-refractivity contribution >= 4 is 44.9 Å². The summed E-state index contributed by atoms with van der Waals surface area (Å²) < 4.78 is 38.6. The number of nitrogens with one attached hydrogen (secondary N) is 2. The first-order chi connectivity index (χ1) is 11.9. The summed E-state index contributed by atoms with van der Waals surface area (Å²) in [5.74, 6) is 0.439. The summed E-state index contributed by atoms with van der Waals surface area (Å²) >= 11 is 6.23. The van der Waals surface area contributed by atoms with Gasteiger partial charge in [0.2, 0.25) is 0 Å². The van der Waals surface area contributed by atoms with Crippen LogP contribution in [0.25, 0.3) is 21.8 Å². The van der Waals surface area contributed by atoms with Crippen LogP contribution >= 0.6 is 11.6 Å². The quantitative estimate of drug-likeness (QED) is 0.450. The largest absolute Gasteiger partial charge is 0.416 e. The van der Waals surface area contributed by atoms with E-state index in [-0.39, 0.29) is 5.52 Å². The predicted octanol–water partition coefficient (Wildman–Crippen LogP) is 6.13. The van der Waals surface area contributed by atoms with Crippen LogP contribution in [0.1, 0.15) is 5.56 Å². The van der Waals surface area contributed by atoms with E-state index in [1.54, 1.807) is 24.4 Å². The molecule has 0 saturated heterocycles. The van der Waals surface area contributed by atoms with E-state index in [0.29, 0.717) is 21.9 Å². The van der Waals surface area contributed by atoms with Gasteiger partial charge in [0.1, 0.15) is 5.82 Å². The fourth-order valence-corrected chi connectivity index (χ4v) is 2.99.